The lowest BCUT2D eigenvalue weighted by Gasteiger charge is -2.11. The van der Waals surface area contributed by atoms with Crippen LogP contribution in [0.5, 0.6) is 0 Å². The second kappa shape index (κ2) is 5.77. The predicted octanol–water partition coefficient (Wildman–Crippen LogP) is 2.28. The Morgan fingerprint density at radius 1 is 1.19 bits per heavy atom. The summed E-state index contributed by atoms with van der Waals surface area (Å²) in [5, 5.41) is 0. The molecule has 0 amide bonds. The molecule has 0 heterocycles. The molecule has 0 aliphatic heterocycles. The summed E-state index contributed by atoms with van der Waals surface area (Å²) >= 11 is 0. The van der Waals surface area contributed by atoms with Crippen LogP contribution in [0.3, 0.4) is 0 Å². The number of ether oxygens (including phenoxy) is 2. The zero-order valence-electron chi connectivity index (χ0n) is 10.3. The number of aryl methyl sites for hydroxylation is 1. The van der Waals surface area contributed by atoms with Gasteiger partial charge in [0.05, 0.1) is 6.61 Å². The van der Waals surface area contributed by atoms with E-state index in [0.717, 1.165) is 22.3 Å². The minimum Gasteiger partial charge on any atom is -0.380 e. The maximum atomic E-state index is 11.8. The topological polar surface area (TPSA) is 35.5 Å². The summed E-state index contributed by atoms with van der Waals surface area (Å²) in [5.41, 5.74) is 3.84. The van der Waals surface area contributed by atoms with Crippen LogP contribution in [-0.4, -0.2) is 26.6 Å². The van der Waals surface area contributed by atoms with Crippen molar-refractivity contribution in [2.24, 2.45) is 0 Å². The fourth-order valence-corrected chi connectivity index (χ4v) is 1.74. The zero-order valence-corrected chi connectivity index (χ0v) is 10.3. The Morgan fingerprint density at radius 3 is 2.44 bits per heavy atom. The number of ketones is 1. The first-order chi connectivity index (χ1) is 7.60. The molecule has 0 saturated heterocycles. The summed E-state index contributed by atoms with van der Waals surface area (Å²) in [6, 6.07) is 3.94. The molecule has 88 valence electrons. The van der Waals surface area contributed by atoms with Crippen molar-refractivity contribution in [3.05, 3.63) is 34.4 Å². The molecule has 3 heteroatoms. The molecule has 0 saturated carbocycles. The van der Waals surface area contributed by atoms with E-state index < -0.39 is 0 Å². The molecule has 16 heavy (non-hydrogen) atoms. The highest BCUT2D eigenvalue weighted by molar-refractivity contribution is 5.98. The molecule has 0 aromatic heterocycles. The minimum absolute atomic E-state index is 0.0149. The Kier molecular flexibility index (Phi) is 4.65. The number of carbonyl (C=O) groups is 1. The van der Waals surface area contributed by atoms with Gasteiger partial charge in [-0.1, -0.05) is 11.6 Å². The van der Waals surface area contributed by atoms with Crippen molar-refractivity contribution in [3.63, 3.8) is 0 Å². The summed E-state index contributed by atoms with van der Waals surface area (Å²) < 4.78 is 9.99. The van der Waals surface area contributed by atoms with Crippen LogP contribution in [-0.2, 0) is 16.1 Å². The molecule has 3 nitrogen and oxygen atoms in total. The maximum absolute atomic E-state index is 11.8. The summed E-state index contributed by atoms with van der Waals surface area (Å²) in [6.07, 6.45) is 0. The lowest BCUT2D eigenvalue weighted by Crippen LogP contribution is -2.11. The quantitative estimate of drug-likeness (QED) is 0.717. The third kappa shape index (κ3) is 2.90. The molecule has 0 radical (unpaired) electrons. The van der Waals surface area contributed by atoms with Crippen molar-refractivity contribution >= 4 is 5.78 Å². The van der Waals surface area contributed by atoms with Gasteiger partial charge in [0.15, 0.2) is 5.78 Å². The van der Waals surface area contributed by atoms with Crippen LogP contribution in [0.1, 0.15) is 27.0 Å². The van der Waals surface area contributed by atoms with E-state index in [9.17, 15) is 4.79 Å². The van der Waals surface area contributed by atoms with Crippen LogP contribution >= 0.6 is 0 Å². The van der Waals surface area contributed by atoms with Gasteiger partial charge in [0.25, 0.3) is 0 Å². The molecule has 0 aliphatic rings. The fraction of sp³-hybridized carbons (Fsp3) is 0.462. The standard InChI is InChI=1S/C13H18O3/c1-9-5-11(7-15-3)10(2)12(6-9)13(14)8-16-4/h5-6H,7-8H2,1-4H3. The van der Waals surface area contributed by atoms with Crippen molar-refractivity contribution in [2.45, 2.75) is 20.5 Å². The van der Waals surface area contributed by atoms with E-state index in [1.54, 1.807) is 7.11 Å². The zero-order chi connectivity index (χ0) is 12.1. The van der Waals surface area contributed by atoms with E-state index >= 15 is 0 Å². The second-order valence-corrected chi connectivity index (χ2v) is 3.89. The molecule has 0 spiro atoms. The molecule has 0 atom stereocenters. The van der Waals surface area contributed by atoms with E-state index in [-0.39, 0.29) is 12.4 Å². The number of hydrogen-bond acceptors (Lipinski definition) is 3. The van der Waals surface area contributed by atoms with Crippen LogP contribution < -0.4 is 0 Å². The van der Waals surface area contributed by atoms with E-state index in [1.165, 1.54) is 7.11 Å². The average molecular weight is 222 g/mol. The van der Waals surface area contributed by atoms with Crippen LogP contribution in [0.4, 0.5) is 0 Å². The van der Waals surface area contributed by atoms with Crippen molar-refractivity contribution in [3.8, 4) is 0 Å². The Hall–Kier alpha value is -1.19. The van der Waals surface area contributed by atoms with Gasteiger partial charge in [0.2, 0.25) is 0 Å². The number of benzene rings is 1. The SMILES string of the molecule is COCC(=O)c1cc(C)cc(COC)c1C. The first-order valence-electron chi connectivity index (χ1n) is 5.21. The first kappa shape index (κ1) is 12.9. The summed E-state index contributed by atoms with van der Waals surface area (Å²) in [5.74, 6) is 0.0149. The van der Waals surface area contributed by atoms with Crippen LogP contribution in [0.25, 0.3) is 0 Å². The highest BCUT2D eigenvalue weighted by Gasteiger charge is 2.12. The lowest BCUT2D eigenvalue weighted by atomic mass is 9.97. The molecule has 0 unspecified atom stereocenters. The second-order valence-electron chi connectivity index (χ2n) is 3.89. The predicted molar refractivity (Wildman–Crippen MR) is 62.8 cm³/mol. The lowest BCUT2D eigenvalue weighted by molar-refractivity contribution is 0.0847. The van der Waals surface area contributed by atoms with Crippen LogP contribution in [0.2, 0.25) is 0 Å². The molecular weight excluding hydrogens is 204 g/mol. The van der Waals surface area contributed by atoms with Gasteiger partial charge < -0.3 is 9.47 Å². The molecule has 1 aromatic carbocycles. The molecule has 0 fully saturated rings. The van der Waals surface area contributed by atoms with E-state index in [2.05, 4.69) is 0 Å². The van der Waals surface area contributed by atoms with Crippen LogP contribution in [0.15, 0.2) is 12.1 Å². The largest absolute Gasteiger partial charge is 0.380 e. The number of carbonyl (C=O) groups excluding carboxylic acids is 1. The van der Waals surface area contributed by atoms with Crippen LogP contribution in [0, 0.1) is 13.8 Å². The number of Topliss-reactive ketones (excluding diaryl/α,β-unsaturated/α-hetero) is 1. The van der Waals surface area contributed by atoms with Gasteiger partial charge in [-0.15, -0.1) is 0 Å². The number of hydrogen-bond donors (Lipinski definition) is 0. The summed E-state index contributed by atoms with van der Waals surface area (Å²) in [6.45, 7) is 4.57. The Balaban J connectivity index is 3.13. The number of rotatable bonds is 5. The Morgan fingerprint density at radius 2 is 1.88 bits per heavy atom. The van der Waals surface area contributed by atoms with E-state index in [1.807, 2.05) is 26.0 Å². The van der Waals surface area contributed by atoms with Gasteiger partial charge in [0, 0.05) is 19.8 Å². The molecule has 1 aromatic rings. The fourth-order valence-electron chi connectivity index (χ4n) is 1.74. The first-order valence-corrected chi connectivity index (χ1v) is 5.21. The molecule has 0 bridgehead atoms. The third-order valence-electron chi connectivity index (χ3n) is 2.54. The molecular formula is C13H18O3. The normalized spacial score (nSPS) is 10.5. The van der Waals surface area contributed by atoms with Gasteiger partial charge in [0.1, 0.15) is 6.61 Å². The highest BCUT2D eigenvalue weighted by Crippen LogP contribution is 2.18. The summed E-state index contributed by atoms with van der Waals surface area (Å²) in [4.78, 5) is 11.8. The van der Waals surface area contributed by atoms with E-state index in [4.69, 9.17) is 9.47 Å². The maximum Gasteiger partial charge on any atom is 0.188 e. The smallest absolute Gasteiger partial charge is 0.188 e. The highest BCUT2D eigenvalue weighted by atomic mass is 16.5. The number of methoxy groups -OCH3 is 2. The monoisotopic (exact) mass is 222 g/mol. The summed E-state index contributed by atoms with van der Waals surface area (Å²) in [7, 11) is 3.18. The third-order valence-corrected chi connectivity index (χ3v) is 2.54. The van der Waals surface area contributed by atoms with Gasteiger partial charge in [-0.05, 0) is 31.0 Å². The van der Waals surface area contributed by atoms with Gasteiger partial charge in [-0.2, -0.15) is 0 Å². The van der Waals surface area contributed by atoms with Crippen molar-refractivity contribution < 1.29 is 14.3 Å². The molecule has 1 rings (SSSR count). The van der Waals surface area contributed by atoms with Gasteiger partial charge in [-0.25, -0.2) is 0 Å². The molecule has 0 N–H and O–H groups in total. The molecule has 0 aliphatic carbocycles. The van der Waals surface area contributed by atoms with Crippen molar-refractivity contribution in [1.29, 1.82) is 0 Å². The Bertz CT molecular complexity index is 383. The average Bonchev–Trinajstić information content (AvgIpc) is 2.23. The minimum atomic E-state index is 0.0149. The van der Waals surface area contributed by atoms with Gasteiger partial charge >= 0.3 is 0 Å². The van der Waals surface area contributed by atoms with Crippen molar-refractivity contribution in [2.75, 3.05) is 20.8 Å². The van der Waals surface area contributed by atoms with Gasteiger partial charge in [-0.3, -0.25) is 4.79 Å². The Labute approximate surface area is 96.4 Å². The van der Waals surface area contributed by atoms with E-state index in [0.29, 0.717) is 6.61 Å². The van der Waals surface area contributed by atoms with Crippen molar-refractivity contribution in [1.82, 2.24) is 0 Å².